The topological polar surface area (TPSA) is 202 Å². The van der Waals surface area contributed by atoms with E-state index in [-0.39, 0.29) is 35.4 Å². The molecule has 4 N–H and O–H groups in total. The van der Waals surface area contributed by atoms with Crippen molar-refractivity contribution < 1.29 is 36.6 Å². The predicted molar refractivity (Wildman–Crippen MR) is 263 cm³/mol. The lowest BCUT2D eigenvalue weighted by Crippen LogP contribution is -2.30. The molecule has 23 heteroatoms. The van der Waals surface area contributed by atoms with E-state index in [9.17, 15) is 27.2 Å². The maximum atomic E-state index is 12.8. The number of aromatic nitrogens is 10. The zero-order valence-corrected chi connectivity index (χ0v) is 41.9. The number of fused-ring (bicyclic) bond motifs is 4. The van der Waals surface area contributed by atoms with E-state index in [0.29, 0.717) is 61.4 Å². The number of aryl methyl sites for hydroxylation is 3. The summed E-state index contributed by atoms with van der Waals surface area (Å²) in [4.78, 5) is 51.9. The maximum absolute atomic E-state index is 12.8. The Bertz CT molecular complexity index is 3040. The number of nitrogens with one attached hydrogen (secondary N) is 4. The van der Waals surface area contributed by atoms with Crippen LogP contribution in [-0.2, 0) is 13.1 Å². The van der Waals surface area contributed by atoms with Gasteiger partial charge in [-0.2, -0.15) is 27.8 Å². The number of H-pyrrole nitrogens is 2. The molecule has 0 aliphatic carbocycles. The maximum Gasteiger partial charge on any atom is 0.387 e. The third-order valence-corrected chi connectivity index (χ3v) is 10.7. The number of halogens is 5. The minimum atomic E-state index is -2.94. The van der Waals surface area contributed by atoms with Crippen molar-refractivity contribution in [3.63, 3.8) is 0 Å². The van der Waals surface area contributed by atoms with Crippen LogP contribution < -0.4 is 20.1 Å². The van der Waals surface area contributed by atoms with E-state index < -0.39 is 13.2 Å². The highest BCUT2D eigenvalue weighted by atomic mass is 79.9. The molecule has 6 aromatic heterocycles. The van der Waals surface area contributed by atoms with Crippen molar-refractivity contribution in [3.8, 4) is 22.9 Å². The molecule has 0 fully saturated rings. The second-order valence-corrected chi connectivity index (χ2v) is 18.1. The van der Waals surface area contributed by atoms with Gasteiger partial charge in [0.25, 0.3) is 11.8 Å². The molecule has 0 saturated carbocycles. The second kappa shape index (κ2) is 23.7. The summed E-state index contributed by atoms with van der Waals surface area (Å²) in [5, 5.41) is 16.3. The number of rotatable bonds is 17. The first-order chi connectivity index (χ1) is 33.3. The van der Waals surface area contributed by atoms with Gasteiger partial charge in [-0.15, -0.1) is 0 Å². The van der Waals surface area contributed by atoms with Crippen LogP contribution in [0.4, 0.5) is 17.6 Å². The highest BCUT2D eigenvalue weighted by molar-refractivity contribution is 9.10. The number of amides is 2. The van der Waals surface area contributed by atoms with Crippen molar-refractivity contribution in [1.82, 2.24) is 69.9 Å². The van der Waals surface area contributed by atoms with Gasteiger partial charge in [0, 0.05) is 48.3 Å². The van der Waals surface area contributed by atoms with Crippen molar-refractivity contribution in [2.45, 2.75) is 85.9 Å². The Balaban J connectivity index is 0.000000189. The van der Waals surface area contributed by atoms with Crippen LogP contribution in [0.25, 0.3) is 55.5 Å². The van der Waals surface area contributed by atoms with E-state index in [1.807, 2.05) is 72.2 Å². The predicted octanol–water partition coefficient (Wildman–Crippen LogP) is 8.42. The van der Waals surface area contributed by atoms with Gasteiger partial charge < -0.3 is 39.9 Å². The molecule has 0 saturated heterocycles. The lowest BCUT2D eigenvalue weighted by atomic mass is 10.1. The standard InChI is InChI=1S/C23H27F2N7O2.C14H19F2N3O.C10H11BrN4O/c1-13(2)28-22(33)16-11-26-21-20(16)29-17(12-27-21)19-15-10-14(34-23(24)25)6-7-18(15)32(30-19)9-5-8-31(3)4;1-10-12-9-11(20-14(15)16)5-6-13(12)19(17-10)8-4-7-18(2)3;1-5(2)14-10(16)6-3-12-9-8(6)15-7(11)4-13-9/h6-7,10-13,23H,5,8-9H2,1-4H3,(H,26,27)(H,28,33);5-6,9,14H,4,7-8H2,1-3H3;3-5H,1-2H3,(H,12,13)(H,14,16). The lowest BCUT2D eigenvalue weighted by Gasteiger charge is -2.09. The summed E-state index contributed by atoms with van der Waals surface area (Å²) in [6, 6.07) is 9.75. The molecule has 0 radical (unpaired) electrons. The lowest BCUT2D eigenvalue weighted by molar-refractivity contribution is -0.0504. The molecule has 8 rings (SSSR count). The summed E-state index contributed by atoms with van der Waals surface area (Å²) in [6.45, 7) is 6.98. The average molecular weight is 1040 g/mol. The molecule has 0 spiro atoms. The summed E-state index contributed by atoms with van der Waals surface area (Å²) in [5.41, 5.74) is 6.38. The van der Waals surface area contributed by atoms with E-state index >= 15 is 0 Å². The summed E-state index contributed by atoms with van der Waals surface area (Å²) >= 11 is 3.23. The number of aromatic amines is 2. The quantitative estimate of drug-likeness (QED) is 0.0636. The highest BCUT2D eigenvalue weighted by Gasteiger charge is 2.21. The number of carbonyl (C=O) groups is 2. The minimum Gasteiger partial charge on any atom is -0.435 e. The smallest absolute Gasteiger partial charge is 0.387 e. The Morgan fingerprint density at radius 2 is 1.17 bits per heavy atom. The van der Waals surface area contributed by atoms with Gasteiger partial charge in [0.1, 0.15) is 38.5 Å². The van der Waals surface area contributed by atoms with Crippen molar-refractivity contribution in [3.05, 3.63) is 82.6 Å². The number of alkyl halides is 4. The molecule has 8 aromatic rings. The number of nitrogens with zero attached hydrogens (tertiary/aromatic N) is 10. The van der Waals surface area contributed by atoms with Gasteiger partial charge in [0.05, 0.1) is 40.2 Å². The third-order valence-electron chi connectivity index (χ3n) is 10.3. The number of ether oxygens (including phenoxy) is 2. The normalized spacial score (nSPS) is 11.7. The average Bonchev–Trinajstić information content (AvgIpc) is 4.06. The molecule has 2 aromatic carbocycles. The molecule has 0 unspecified atom stereocenters. The van der Waals surface area contributed by atoms with Crippen LogP contribution in [0.3, 0.4) is 0 Å². The fourth-order valence-electron chi connectivity index (χ4n) is 7.33. The second-order valence-electron chi connectivity index (χ2n) is 17.3. The van der Waals surface area contributed by atoms with E-state index in [1.165, 1.54) is 12.1 Å². The van der Waals surface area contributed by atoms with Crippen molar-refractivity contribution in [2.75, 3.05) is 41.3 Å². The van der Waals surface area contributed by atoms with Gasteiger partial charge in [0.2, 0.25) is 0 Å². The van der Waals surface area contributed by atoms with Gasteiger partial charge in [-0.3, -0.25) is 19.0 Å². The molecule has 0 aliphatic heterocycles. The molecule has 6 heterocycles. The Kier molecular flexibility index (Phi) is 17.8. The summed E-state index contributed by atoms with van der Waals surface area (Å²) in [6.07, 6.45) is 8.16. The van der Waals surface area contributed by atoms with Crippen LogP contribution in [0.5, 0.6) is 11.5 Å². The molecule has 2 amide bonds. The first-order valence-corrected chi connectivity index (χ1v) is 23.2. The Hall–Kier alpha value is -6.72. The fourth-order valence-corrected chi connectivity index (χ4v) is 7.61. The SMILES string of the molecule is CC(C)NC(=O)c1c[nH]c2ncc(-c3nn(CCCN(C)C)c4ccc(OC(F)F)cc34)nc12.CC(C)NC(=O)c1c[nH]c2ncc(Br)nc12.Cc1nn(CCCN(C)C)c2ccc(OC(F)F)cc12. The van der Waals surface area contributed by atoms with Crippen LogP contribution >= 0.6 is 15.9 Å². The van der Waals surface area contributed by atoms with E-state index in [0.717, 1.165) is 54.6 Å². The molecule has 0 aliphatic rings. The largest absolute Gasteiger partial charge is 0.435 e. The third kappa shape index (κ3) is 13.7. The molecular formula is C47H57BrF4N14O4. The van der Waals surface area contributed by atoms with Crippen LogP contribution in [0.2, 0.25) is 0 Å². The van der Waals surface area contributed by atoms with Crippen LogP contribution in [0.1, 0.15) is 66.9 Å². The monoisotopic (exact) mass is 1040 g/mol. The first-order valence-electron chi connectivity index (χ1n) is 22.4. The van der Waals surface area contributed by atoms with Crippen LogP contribution in [-0.4, -0.2) is 138 Å². The van der Waals surface area contributed by atoms with Gasteiger partial charge in [0.15, 0.2) is 11.3 Å². The van der Waals surface area contributed by atoms with Crippen LogP contribution in [0, 0.1) is 6.92 Å². The summed E-state index contributed by atoms with van der Waals surface area (Å²) in [5.74, 6) is -0.208. The van der Waals surface area contributed by atoms with Gasteiger partial charge in [-0.1, -0.05) is 0 Å². The molecule has 0 bridgehead atoms. The number of hydrogen-bond donors (Lipinski definition) is 4. The Labute approximate surface area is 409 Å². The summed E-state index contributed by atoms with van der Waals surface area (Å²) < 4.78 is 63.5. The number of carbonyl (C=O) groups excluding carboxylic acids is 2. The molecular weight excluding hydrogens is 981 g/mol. The van der Waals surface area contributed by atoms with Crippen LogP contribution in [0.15, 0.2) is 65.8 Å². The summed E-state index contributed by atoms with van der Waals surface area (Å²) in [7, 11) is 8.05. The van der Waals surface area contributed by atoms with Crippen molar-refractivity contribution in [2.24, 2.45) is 0 Å². The zero-order valence-electron chi connectivity index (χ0n) is 40.3. The van der Waals surface area contributed by atoms with Gasteiger partial charge in [-0.25, -0.2) is 19.9 Å². The Morgan fingerprint density at radius 1 is 0.700 bits per heavy atom. The van der Waals surface area contributed by atoms with Crippen molar-refractivity contribution in [1.29, 1.82) is 0 Å². The first kappa shape index (κ1) is 52.6. The Morgan fingerprint density at radius 3 is 1.67 bits per heavy atom. The molecule has 0 atom stereocenters. The van der Waals surface area contributed by atoms with Gasteiger partial charge >= 0.3 is 13.2 Å². The number of hydrogen-bond acceptors (Lipinski definition) is 12. The molecule has 70 heavy (non-hydrogen) atoms. The number of benzene rings is 2. The van der Waals surface area contributed by atoms with Crippen molar-refractivity contribution >= 4 is 71.9 Å². The van der Waals surface area contributed by atoms with E-state index in [2.05, 4.69) is 80.8 Å². The zero-order chi connectivity index (χ0) is 50.8. The molecule has 374 valence electrons. The fraction of sp³-hybridized carbons (Fsp3) is 0.404. The van der Waals surface area contributed by atoms with Gasteiger partial charge in [-0.05, 0) is 141 Å². The highest BCUT2D eigenvalue weighted by Crippen LogP contribution is 2.32. The van der Waals surface area contributed by atoms with E-state index in [4.69, 9.17) is 5.10 Å². The minimum absolute atomic E-state index is 0.0317. The van der Waals surface area contributed by atoms with E-state index in [1.54, 1.807) is 49.1 Å². The molecule has 18 nitrogen and oxygen atoms in total.